The van der Waals surface area contributed by atoms with Gasteiger partial charge in [-0.3, -0.25) is 9.00 Å². The highest BCUT2D eigenvalue weighted by Gasteiger charge is 2.08. The van der Waals surface area contributed by atoms with E-state index in [1.807, 2.05) is 6.92 Å². The van der Waals surface area contributed by atoms with Crippen molar-refractivity contribution in [2.75, 3.05) is 18.0 Å². The van der Waals surface area contributed by atoms with Crippen molar-refractivity contribution < 1.29 is 9.00 Å². The first-order valence-electron chi connectivity index (χ1n) is 5.24. The number of anilines is 1. The Bertz CT molecular complexity index is 437. The topological polar surface area (TPSA) is 72.2 Å². The molecule has 0 fully saturated rings. The van der Waals surface area contributed by atoms with Crippen molar-refractivity contribution in [2.45, 2.75) is 18.2 Å². The smallest absolute Gasteiger partial charge is 0.220 e. The van der Waals surface area contributed by atoms with Crippen molar-refractivity contribution in [3.05, 3.63) is 23.2 Å². The third-order valence-corrected chi connectivity index (χ3v) is 3.81. The second kappa shape index (κ2) is 6.61. The van der Waals surface area contributed by atoms with Crippen LogP contribution in [0.1, 0.15) is 13.3 Å². The van der Waals surface area contributed by atoms with Gasteiger partial charge in [0.2, 0.25) is 5.91 Å². The van der Waals surface area contributed by atoms with Crippen LogP contribution in [0.2, 0.25) is 5.02 Å². The fourth-order valence-corrected chi connectivity index (χ4v) is 2.56. The summed E-state index contributed by atoms with van der Waals surface area (Å²) in [6.07, 6.45) is 0.239. The van der Waals surface area contributed by atoms with E-state index in [1.165, 1.54) is 0 Å². The van der Waals surface area contributed by atoms with Crippen LogP contribution in [0, 0.1) is 0 Å². The SMILES string of the molecule is CCNC(=O)CCS(=O)c1ccc(N)c(Cl)c1. The molecule has 0 radical (unpaired) electrons. The largest absolute Gasteiger partial charge is 0.398 e. The first-order valence-corrected chi connectivity index (χ1v) is 6.94. The zero-order chi connectivity index (χ0) is 12.8. The second-order valence-corrected chi connectivity index (χ2v) is 5.41. The van der Waals surface area contributed by atoms with Gasteiger partial charge in [0.1, 0.15) is 0 Å². The molecule has 0 aliphatic heterocycles. The molecule has 0 aliphatic carbocycles. The molecular formula is C11H15ClN2O2S. The summed E-state index contributed by atoms with van der Waals surface area (Å²) >= 11 is 5.83. The summed E-state index contributed by atoms with van der Waals surface area (Å²) < 4.78 is 11.8. The number of nitrogens with two attached hydrogens (primary N) is 1. The minimum atomic E-state index is -1.23. The fraction of sp³-hybridized carbons (Fsp3) is 0.364. The third kappa shape index (κ3) is 4.36. The van der Waals surface area contributed by atoms with E-state index in [9.17, 15) is 9.00 Å². The Morgan fingerprint density at radius 2 is 2.24 bits per heavy atom. The molecule has 0 saturated carbocycles. The van der Waals surface area contributed by atoms with Gasteiger partial charge in [-0.05, 0) is 25.1 Å². The number of amides is 1. The summed E-state index contributed by atoms with van der Waals surface area (Å²) in [5.74, 6) is 0.189. The molecule has 1 atom stereocenters. The van der Waals surface area contributed by atoms with Crippen molar-refractivity contribution >= 4 is 34.0 Å². The van der Waals surface area contributed by atoms with Crippen molar-refractivity contribution in [1.82, 2.24) is 5.32 Å². The molecule has 6 heteroatoms. The zero-order valence-electron chi connectivity index (χ0n) is 9.53. The fourth-order valence-electron chi connectivity index (χ4n) is 1.24. The summed E-state index contributed by atoms with van der Waals surface area (Å²) in [6, 6.07) is 4.85. The van der Waals surface area contributed by atoms with Crippen LogP contribution in [0.5, 0.6) is 0 Å². The number of benzene rings is 1. The molecule has 4 nitrogen and oxygen atoms in total. The maximum Gasteiger partial charge on any atom is 0.220 e. The monoisotopic (exact) mass is 274 g/mol. The van der Waals surface area contributed by atoms with Crippen LogP contribution < -0.4 is 11.1 Å². The number of nitrogens with one attached hydrogen (secondary N) is 1. The Hall–Kier alpha value is -1.07. The normalized spacial score (nSPS) is 12.1. The van der Waals surface area contributed by atoms with Crippen molar-refractivity contribution in [3.63, 3.8) is 0 Å². The summed E-state index contributed by atoms with van der Waals surface area (Å²) in [7, 11) is -1.23. The van der Waals surface area contributed by atoms with Crippen molar-refractivity contribution in [3.8, 4) is 0 Å². The summed E-state index contributed by atoms with van der Waals surface area (Å²) in [4.78, 5) is 11.8. The highest BCUT2D eigenvalue weighted by Crippen LogP contribution is 2.21. The molecule has 17 heavy (non-hydrogen) atoms. The van der Waals surface area contributed by atoms with E-state index in [1.54, 1.807) is 18.2 Å². The molecule has 1 amide bonds. The first kappa shape index (κ1) is 14.0. The van der Waals surface area contributed by atoms with Gasteiger partial charge >= 0.3 is 0 Å². The van der Waals surface area contributed by atoms with E-state index in [2.05, 4.69) is 5.32 Å². The van der Waals surface area contributed by atoms with Crippen LogP contribution in [0.3, 0.4) is 0 Å². The van der Waals surface area contributed by atoms with Gasteiger partial charge in [0.15, 0.2) is 0 Å². The Labute approximate surface area is 108 Å². The lowest BCUT2D eigenvalue weighted by atomic mass is 10.3. The second-order valence-electron chi connectivity index (χ2n) is 3.44. The molecule has 0 spiro atoms. The Morgan fingerprint density at radius 1 is 1.53 bits per heavy atom. The quantitative estimate of drug-likeness (QED) is 0.801. The predicted molar refractivity (Wildman–Crippen MR) is 70.4 cm³/mol. The zero-order valence-corrected chi connectivity index (χ0v) is 11.1. The lowest BCUT2D eigenvalue weighted by Gasteiger charge is -2.04. The van der Waals surface area contributed by atoms with Gasteiger partial charge in [-0.2, -0.15) is 0 Å². The molecule has 0 aromatic heterocycles. The number of carbonyl (C=O) groups is 1. The first-order chi connectivity index (χ1) is 8.04. The van der Waals surface area contributed by atoms with E-state index >= 15 is 0 Å². The maximum absolute atomic E-state index is 11.8. The van der Waals surface area contributed by atoms with Gasteiger partial charge < -0.3 is 11.1 Å². The van der Waals surface area contributed by atoms with Crippen LogP contribution in [-0.4, -0.2) is 22.4 Å². The summed E-state index contributed by atoms with van der Waals surface area (Å²) in [5, 5.41) is 3.04. The summed E-state index contributed by atoms with van der Waals surface area (Å²) in [6.45, 7) is 2.42. The molecule has 1 aromatic carbocycles. The standard InChI is InChI=1S/C11H15ClN2O2S/c1-2-14-11(15)5-6-17(16)8-3-4-10(13)9(12)7-8/h3-4,7H,2,5-6,13H2,1H3,(H,14,15). The molecule has 3 N–H and O–H groups in total. The lowest BCUT2D eigenvalue weighted by Crippen LogP contribution is -2.24. The van der Waals surface area contributed by atoms with Gasteiger partial charge in [0, 0.05) is 23.6 Å². The number of nitrogen functional groups attached to an aromatic ring is 1. The number of carbonyl (C=O) groups excluding carboxylic acids is 1. The highest BCUT2D eigenvalue weighted by molar-refractivity contribution is 7.85. The molecule has 1 unspecified atom stereocenters. The van der Waals surface area contributed by atoms with E-state index in [4.69, 9.17) is 17.3 Å². The van der Waals surface area contributed by atoms with Crippen LogP contribution >= 0.6 is 11.6 Å². The van der Waals surface area contributed by atoms with E-state index in [0.29, 0.717) is 22.2 Å². The van der Waals surface area contributed by atoms with E-state index < -0.39 is 10.8 Å². The molecule has 0 bridgehead atoms. The Kier molecular flexibility index (Phi) is 5.44. The molecule has 1 rings (SSSR count). The predicted octanol–water partition coefficient (Wildman–Crippen LogP) is 1.56. The molecule has 1 aromatic rings. The van der Waals surface area contributed by atoms with Crippen LogP contribution in [0.25, 0.3) is 0 Å². The number of hydrogen-bond acceptors (Lipinski definition) is 3. The highest BCUT2D eigenvalue weighted by atomic mass is 35.5. The average molecular weight is 275 g/mol. The van der Waals surface area contributed by atoms with Crippen LogP contribution in [0.15, 0.2) is 23.1 Å². The van der Waals surface area contributed by atoms with Gasteiger partial charge in [0.05, 0.1) is 21.5 Å². The van der Waals surface area contributed by atoms with Gasteiger partial charge in [-0.15, -0.1) is 0 Å². The molecular weight excluding hydrogens is 260 g/mol. The Balaban J connectivity index is 2.58. The Morgan fingerprint density at radius 3 is 2.82 bits per heavy atom. The maximum atomic E-state index is 11.8. The van der Waals surface area contributed by atoms with Crippen LogP contribution in [-0.2, 0) is 15.6 Å². The van der Waals surface area contributed by atoms with Gasteiger partial charge in [0.25, 0.3) is 0 Å². The lowest BCUT2D eigenvalue weighted by molar-refractivity contribution is -0.120. The number of halogens is 1. The van der Waals surface area contributed by atoms with Crippen molar-refractivity contribution in [2.24, 2.45) is 0 Å². The third-order valence-electron chi connectivity index (χ3n) is 2.12. The van der Waals surface area contributed by atoms with E-state index in [0.717, 1.165) is 0 Å². The van der Waals surface area contributed by atoms with Gasteiger partial charge in [-0.1, -0.05) is 11.6 Å². The molecule has 94 valence electrons. The average Bonchev–Trinajstić information content (AvgIpc) is 2.30. The van der Waals surface area contributed by atoms with E-state index in [-0.39, 0.29) is 18.1 Å². The number of hydrogen-bond donors (Lipinski definition) is 2. The molecule has 0 aliphatic rings. The summed E-state index contributed by atoms with van der Waals surface area (Å²) in [5.41, 5.74) is 6.01. The number of rotatable bonds is 5. The van der Waals surface area contributed by atoms with Crippen LogP contribution in [0.4, 0.5) is 5.69 Å². The van der Waals surface area contributed by atoms with Crippen molar-refractivity contribution in [1.29, 1.82) is 0 Å². The van der Waals surface area contributed by atoms with Gasteiger partial charge in [-0.25, -0.2) is 0 Å². The molecule has 0 saturated heterocycles. The minimum absolute atomic E-state index is 0.0950. The minimum Gasteiger partial charge on any atom is -0.398 e. The molecule has 0 heterocycles.